The first kappa shape index (κ1) is 29.8. The van der Waals surface area contributed by atoms with Gasteiger partial charge in [0.05, 0.1) is 24.4 Å². The summed E-state index contributed by atoms with van der Waals surface area (Å²) in [6.45, 7) is 11.1. The summed E-state index contributed by atoms with van der Waals surface area (Å²) in [6.07, 6.45) is 9.41. The molecular weight excluding hydrogens is 440 g/mol. The van der Waals surface area contributed by atoms with Crippen LogP contribution in [0.5, 0.6) is 0 Å². The number of hydrogen-bond donors (Lipinski definition) is 0. The van der Waals surface area contributed by atoms with E-state index in [2.05, 4.69) is 34.6 Å². The number of hydrogen-bond acceptors (Lipinski definition) is 5. The van der Waals surface area contributed by atoms with E-state index in [0.29, 0.717) is 35.5 Å². The molecule has 5 heteroatoms. The Morgan fingerprint density at radius 3 is 2.06 bits per heavy atom. The fraction of sp³-hybridized carbons (Fsp3) is 0.900. The first-order chi connectivity index (χ1) is 15.7. The van der Waals surface area contributed by atoms with Gasteiger partial charge in [-0.2, -0.15) is 0 Å². The first-order valence-electron chi connectivity index (χ1n) is 13.5. The highest BCUT2D eigenvalue weighted by molar-refractivity contribution is 5.97. The molecule has 11 atom stereocenters. The van der Waals surface area contributed by atoms with E-state index >= 15 is 0 Å². The Morgan fingerprint density at radius 2 is 1.51 bits per heavy atom. The highest BCUT2D eigenvalue weighted by Gasteiger charge is 2.69. The Morgan fingerprint density at radius 1 is 0.943 bits per heavy atom. The van der Waals surface area contributed by atoms with Crippen LogP contribution >= 0.6 is 0 Å². The topological polar surface area (TPSA) is 69.7 Å². The number of ether oxygens (including phenoxy) is 2. The lowest BCUT2D eigenvalue weighted by Gasteiger charge is -2.34. The van der Waals surface area contributed by atoms with Crippen molar-refractivity contribution in [3.8, 4) is 0 Å². The largest absolute Gasteiger partial charge is 0.469 e. The van der Waals surface area contributed by atoms with Gasteiger partial charge in [0.2, 0.25) is 0 Å². The van der Waals surface area contributed by atoms with E-state index in [0.717, 1.165) is 37.5 Å². The Kier molecular flexibility index (Phi) is 9.67. The zero-order chi connectivity index (χ0) is 24.1. The van der Waals surface area contributed by atoms with Crippen LogP contribution in [0.25, 0.3) is 0 Å². The van der Waals surface area contributed by atoms with Crippen molar-refractivity contribution in [3.63, 3.8) is 0 Å². The highest BCUT2D eigenvalue weighted by Crippen LogP contribution is 2.68. The maximum atomic E-state index is 11.9. The number of cyclic esters (lactones) is 2. The molecule has 1 heterocycles. The molecule has 11 unspecified atom stereocenters. The molecule has 202 valence electrons. The van der Waals surface area contributed by atoms with Crippen LogP contribution in [-0.2, 0) is 23.9 Å². The number of methoxy groups -OCH3 is 1. The van der Waals surface area contributed by atoms with Crippen molar-refractivity contribution in [1.29, 1.82) is 0 Å². The van der Waals surface area contributed by atoms with Crippen LogP contribution in [0.3, 0.4) is 0 Å². The monoisotopic (exact) mass is 492 g/mol. The molecule has 2 bridgehead atoms. The third-order valence-corrected chi connectivity index (χ3v) is 10.2. The predicted octanol–water partition coefficient (Wildman–Crippen LogP) is 6.92. The van der Waals surface area contributed by atoms with Crippen LogP contribution in [0.4, 0.5) is 0 Å². The smallest absolute Gasteiger partial charge is 0.317 e. The summed E-state index contributed by atoms with van der Waals surface area (Å²) in [6, 6.07) is 0. The molecule has 0 aromatic carbocycles. The van der Waals surface area contributed by atoms with Crippen molar-refractivity contribution in [2.45, 2.75) is 101 Å². The van der Waals surface area contributed by atoms with E-state index in [-0.39, 0.29) is 50.0 Å². The minimum atomic E-state index is -0.218. The molecule has 0 radical (unpaired) electrons. The van der Waals surface area contributed by atoms with Crippen LogP contribution in [0, 0.1) is 64.6 Å². The molecule has 4 saturated carbocycles. The normalized spacial score (nSPS) is 44.4. The number of carbonyl (C=O) groups is 3. The molecular formula is C30H52O5. The quantitative estimate of drug-likeness (QED) is 0.307. The summed E-state index contributed by atoms with van der Waals surface area (Å²) in [4.78, 5) is 35.6. The van der Waals surface area contributed by atoms with Gasteiger partial charge in [0.15, 0.2) is 0 Å². The van der Waals surface area contributed by atoms with Gasteiger partial charge in [0.25, 0.3) is 0 Å². The van der Waals surface area contributed by atoms with Crippen LogP contribution in [0.2, 0.25) is 0 Å². The van der Waals surface area contributed by atoms with E-state index in [9.17, 15) is 14.4 Å². The Hall–Kier alpha value is -1.39. The summed E-state index contributed by atoms with van der Waals surface area (Å²) >= 11 is 0. The van der Waals surface area contributed by atoms with E-state index in [1.54, 1.807) is 0 Å². The molecule has 0 amide bonds. The van der Waals surface area contributed by atoms with Gasteiger partial charge in [0.1, 0.15) is 0 Å². The number of carbonyl (C=O) groups excluding carboxylic acids is 3. The average molecular weight is 493 g/mol. The summed E-state index contributed by atoms with van der Waals surface area (Å²) in [5.41, 5.74) is -0.218. The number of rotatable bonds is 5. The molecule has 5 aliphatic rings. The van der Waals surface area contributed by atoms with Gasteiger partial charge in [-0.3, -0.25) is 14.4 Å². The van der Waals surface area contributed by atoms with E-state index < -0.39 is 0 Å². The Balaban J connectivity index is 0.000000245. The van der Waals surface area contributed by atoms with Crippen molar-refractivity contribution < 1.29 is 23.9 Å². The van der Waals surface area contributed by atoms with Crippen molar-refractivity contribution in [3.05, 3.63) is 0 Å². The molecule has 5 rings (SSSR count). The lowest BCUT2D eigenvalue weighted by molar-refractivity contribution is -0.155. The van der Waals surface area contributed by atoms with Gasteiger partial charge >= 0.3 is 17.9 Å². The van der Waals surface area contributed by atoms with Crippen molar-refractivity contribution >= 4 is 17.9 Å². The Labute approximate surface area is 214 Å². The minimum Gasteiger partial charge on any atom is -0.469 e. The second-order valence-electron chi connectivity index (χ2n) is 12.2. The maximum Gasteiger partial charge on any atom is 0.317 e. The minimum absolute atomic E-state index is 0. The second kappa shape index (κ2) is 11.3. The van der Waals surface area contributed by atoms with Crippen molar-refractivity contribution in [2.75, 3.05) is 7.11 Å². The molecule has 0 aromatic heterocycles. The number of fused-ring (bicyclic) bond motifs is 8. The maximum absolute atomic E-state index is 11.9. The zero-order valence-corrected chi connectivity index (χ0v) is 21.5. The van der Waals surface area contributed by atoms with Crippen LogP contribution in [-0.4, -0.2) is 25.0 Å². The van der Waals surface area contributed by atoms with Crippen molar-refractivity contribution in [1.82, 2.24) is 0 Å². The van der Waals surface area contributed by atoms with E-state index in [1.165, 1.54) is 32.8 Å². The number of esters is 3. The van der Waals surface area contributed by atoms with Gasteiger partial charge in [-0.1, -0.05) is 61.8 Å². The molecule has 5 fully saturated rings. The fourth-order valence-corrected chi connectivity index (χ4v) is 9.31. The molecule has 4 aliphatic carbocycles. The van der Waals surface area contributed by atoms with Gasteiger partial charge < -0.3 is 9.47 Å². The summed E-state index contributed by atoms with van der Waals surface area (Å²) in [5, 5.41) is 0. The SMILES string of the molecule is C.C.CCCC1CC(C)C2C3CC(C4C(=O)OC(=O)C34)C12.CCCC1CC(C)CC1(C)C(=O)OC. The van der Waals surface area contributed by atoms with E-state index in [1.807, 2.05) is 0 Å². The molecule has 0 N–H and O–H groups in total. The van der Waals surface area contributed by atoms with E-state index in [4.69, 9.17) is 9.47 Å². The lowest BCUT2D eigenvalue weighted by Crippen LogP contribution is -2.37. The van der Waals surface area contributed by atoms with Gasteiger partial charge in [-0.15, -0.1) is 0 Å². The Bertz CT molecular complexity index is 777. The second-order valence-corrected chi connectivity index (χ2v) is 12.2. The first-order valence-corrected chi connectivity index (χ1v) is 13.5. The summed E-state index contributed by atoms with van der Waals surface area (Å²) in [5.74, 6) is 4.35. The molecule has 35 heavy (non-hydrogen) atoms. The lowest BCUT2D eigenvalue weighted by atomic mass is 9.67. The van der Waals surface area contributed by atoms with Crippen molar-refractivity contribution in [2.24, 2.45) is 64.6 Å². The molecule has 1 saturated heterocycles. The van der Waals surface area contributed by atoms with Gasteiger partial charge in [-0.05, 0) is 86.4 Å². The fourth-order valence-electron chi connectivity index (χ4n) is 9.31. The van der Waals surface area contributed by atoms with Gasteiger partial charge in [0, 0.05) is 0 Å². The predicted molar refractivity (Wildman–Crippen MR) is 139 cm³/mol. The average Bonchev–Trinajstić information content (AvgIpc) is 3.53. The van der Waals surface area contributed by atoms with Gasteiger partial charge in [-0.25, -0.2) is 0 Å². The zero-order valence-electron chi connectivity index (χ0n) is 21.5. The molecule has 0 spiro atoms. The van der Waals surface area contributed by atoms with Crippen LogP contribution < -0.4 is 0 Å². The molecule has 0 aromatic rings. The standard InChI is InChI=1S/C16H22O3.C12H22O2.2CH4/c1-3-4-8-5-7(2)11-9-6-10(12(8)11)14-13(9)15(17)19-16(14)18;1-5-6-10-7-9(2)8-12(10,3)11(13)14-4;;/h7-14H,3-6H2,1-2H3;9-10H,5-8H2,1-4H3;2*1H4. The van der Waals surface area contributed by atoms with Crippen LogP contribution in [0.1, 0.15) is 101 Å². The third kappa shape index (κ3) is 4.82. The third-order valence-electron chi connectivity index (χ3n) is 10.2. The molecule has 5 nitrogen and oxygen atoms in total. The van der Waals surface area contributed by atoms with Crippen LogP contribution in [0.15, 0.2) is 0 Å². The summed E-state index contributed by atoms with van der Waals surface area (Å²) in [7, 11) is 1.50. The molecule has 1 aliphatic heterocycles. The highest BCUT2D eigenvalue weighted by atomic mass is 16.6. The summed E-state index contributed by atoms with van der Waals surface area (Å²) < 4.78 is 9.85.